The molecule has 0 aliphatic carbocycles. The van der Waals surface area contributed by atoms with Gasteiger partial charge in [0, 0.05) is 36.3 Å². The first-order valence-corrected chi connectivity index (χ1v) is 7.58. The Bertz CT molecular complexity index is 702. The van der Waals surface area contributed by atoms with Crippen LogP contribution < -0.4 is 9.77 Å². The van der Waals surface area contributed by atoms with Gasteiger partial charge in [0.05, 0.1) is 0 Å². The van der Waals surface area contributed by atoms with E-state index in [9.17, 15) is 9.59 Å². The van der Waals surface area contributed by atoms with Crippen LogP contribution in [0.3, 0.4) is 0 Å². The zero-order chi connectivity index (χ0) is 14.1. The monoisotopic (exact) mass is 288 g/mol. The van der Waals surface area contributed by atoms with Crippen molar-refractivity contribution in [1.29, 1.82) is 0 Å². The number of rotatable bonds is 3. The minimum Gasteiger partial charge on any atom is -0.312 e. The average Bonchev–Trinajstić information content (AvgIpc) is 3.01. The van der Waals surface area contributed by atoms with Crippen LogP contribution in [0, 0.1) is 6.92 Å². The topological polar surface area (TPSA) is 42.3 Å². The number of carbonyl (C=O) groups excluding carboxylic acids is 1. The van der Waals surface area contributed by atoms with Crippen LogP contribution in [0.25, 0.3) is 0 Å². The van der Waals surface area contributed by atoms with Crippen molar-refractivity contribution < 1.29 is 4.79 Å². The number of carbonyl (C=O) groups is 1. The Hall–Kier alpha value is -1.88. The molecule has 5 heteroatoms. The lowest BCUT2D eigenvalue weighted by Crippen LogP contribution is -2.30. The van der Waals surface area contributed by atoms with Gasteiger partial charge in [-0.15, -0.1) is 0 Å². The highest BCUT2D eigenvalue weighted by Gasteiger charge is 2.23. The van der Waals surface area contributed by atoms with E-state index in [-0.39, 0.29) is 10.8 Å². The Labute approximate surface area is 121 Å². The number of para-hydroxylation sites is 1. The van der Waals surface area contributed by atoms with Crippen LogP contribution in [0.2, 0.25) is 0 Å². The van der Waals surface area contributed by atoms with Crippen molar-refractivity contribution in [3.63, 3.8) is 0 Å². The summed E-state index contributed by atoms with van der Waals surface area (Å²) in [6.45, 7) is 3.11. The number of hydrogen-bond acceptors (Lipinski definition) is 3. The largest absolute Gasteiger partial charge is 0.312 e. The summed E-state index contributed by atoms with van der Waals surface area (Å²) in [6, 6.07) is 8.01. The summed E-state index contributed by atoms with van der Waals surface area (Å²) in [5.74, 6) is 0.0902. The number of aryl methyl sites for hydroxylation is 1. The number of thiazole rings is 1. The molecule has 2 heterocycles. The highest BCUT2D eigenvalue weighted by molar-refractivity contribution is 7.07. The average molecular weight is 288 g/mol. The molecule has 0 unspecified atom stereocenters. The molecule has 0 saturated carbocycles. The lowest BCUT2D eigenvalue weighted by Gasteiger charge is -2.17. The van der Waals surface area contributed by atoms with Crippen LogP contribution >= 0.6 is 11.3 Å². The van der Waals surface area contributed by atoms with E-state index in [0.29, 0.717) is 13.0 Å². The minimum atomic E-state index is 0.0112. The molecule has 0 saturated heterocycles. The van der Waals surface area contributed by atoms with E-state index in [2.05, 4.69) is 6.07 Å². The molecule has 3 rings (SSSR count). The molecule has 1 aromatic heterocycles. The Morgan fingerprint density at radius 1 is 1.35 bits per heavy atom. The summed E-state index contributed by atoms with van der Waals surface area (Å²) in [4.78, 5) is 25.8. The molecule has 0 bridgehead atoms. The smallest absolute Gasteiger partial charge is 0.307 e. The van der Waals surface area contributed by atoms with E-state index in [1.165, 1.54) is 16.9 Å². The zero-order valence-corrected chi connectivity index (χ0v) is 12.2. The number of fused-ring (bicyclic) bond motifs is 1. The fourth-order valence-electron chi connectivity index (χ4n) is 2.61. The summed E-state index contributed by atoms with van der Waals surface area (Å²) in [6.07, 6.45) is 1.28. The van der Waals surface area contributed by atoms with Crippen molar-refractivity contribution in [2.75, 3.05) is 11.4 Å². The molecule has 20 heavy (non-hydrogen) atoms. The first kappa shape index (κ1) is 13.1. The summed E-state index contributed by atoms with van der Waals surface area (Å²) in [5.41, 5.74) is 3.17. The van der Waals surface area contributed by atoms with Gasteiger partial charge in [0.15, 0.2) is 0 Å². The summed E-state index contributed by atoms with van der Waals surface area (Å²) in [5, 5.41) is 1.83. The van der Waals surface area contributed by atoms with Crippen LogP contribution in [-0.4, -0.2) is 17.0 Å². The number of nitrogens with zero attached hydrogens (tertiary/aromatic N) is 2. The SMILES string of the molecule is Cc1csc(=O)n1CCC(=O)N1CCc2ccccc21. The molecule has 0 N–H and O–H groups in total. The quantitative estimate of drug-likeness (QED) is 0.869. The molecule has 0 spiro atoms. The Morgan fingerprint density at radius 2 is 2.15 bits per heavy atom. The van der Waals surface area contributed by atoms with Gasteiger partial charge in [-0.05, 0) is 25.0 Å². The fourth-order valence-corrected chi connectivity index (χ4v) is 3.38. The molecule has 1 aromatic carbocycles. The standard InChI is InChI=1S/C15H16N2O2S/c1-11-10-20-15(19)16(11)9-7-14(18)17-8-6-12-4-2-3-5-13(12)17/h2-5,10H,6-9H2,1H3. The molecule has 0 radical (unpaired) electrons. The van der Waals surface area contributed by atoms with E-state index in [4.69, 9.17) is 0 Å². The number of amides is 1. The van der Waals surface area contributed by atoms with Gasteiger partial charge in [-0.2, -0.15) is 0 Å². The number of anilines is 1. The van der Waals surface area contributed by atoms with Gasteiger partial charge in [0.1, 0.15) is 0 Å². The molecule has 1 aliphatic heterocycles. The van der Waals surface area contributed by atoms with E-state index < -0.39 is 0 Å². The van der Waals surface area contributed by atoms with E-state index in [0.717, 1.165) is 24.3 Å². The fraction of sp³-hybridized carbons (Fsp3) is 0.333. The highest BCUT2D eigenvalue weighted by atomic mass is 32.1. The maximum Gasteiger partial charge on any atom is 0.307 e. The van der Waals surface area contributed by atoms with Gasteiger partial charge in [-0.1, -0.05) is 29.5 Å². The lowest BCUT2D eigenvalue weighted by atomic mass is 10.2. The van der Waals surface area contributed by atoms with Crippen LogP contribution in [-0.2, 0) is 17.8 Å². The van der Waals surface area contributed by atoms with E-state index in [1.807, 2.05) is 35.4 Å². The maximum absolute atomic E-state index is 12.3. The molecule has 4 nitrogen and oxygen atoms in total. The van der Waals surface area contributed by atoms with Crippen LogP contribution in [0.15, 0.2) is 34.4 Å². The molecule has 0 fully saturated rings. The van der Waals surface area contributed by atoms with Crippen LogP contribution in [0.1, 0.15) is 17.7 Å². The first-order valence-electron chi connectivity index (χ1n) is 6.70. The third-order valence-corrected chi connectivity index (χ3v) is 4.59. The molecule has 2 aromatic rings. The lowest BCUT2D eigenvalue weighted by molar-refractivity contribution is -0.118. The van der Waals surface area contributed by atoms with Crippen molar-refractivity contribution in [3.8, 4) is 0 Å². The van der Waals surface area contributed by atoms with E-state index >= 15 is 0 Å². The van der Waals surface area contributed by atoms with Gasteiger partial charge >= 0.3 is 4.87 Å². The summed E-state index contributed by atoms with van der Waals surface area (Å²) >= 11 is 1.19. The third kappa shape index (κ3) is 2.29. The van der Waals surface area contributed by atoms with Crippen molar-refractivity contribution in [2.24, 2.45) is 0 Å². The number of benzene rings is 1. The normalized spacial score (nSPS) is 13.6. The van der Waals surface area contributed by atoms with Gasteiger partial charge in [0.2, 0.25) is 5.91 Å². The second-order valence-electron chi connectivity index (χ2n) is 4.97. The Kier molecular flexibility index (Phi) is 3.44. The molecule has 0 atom stereocenters. The predicted octanol–water partition coefficient (Wildman–Crippen LogP) is 2.20. The summed E-state index contributed by atoms with van der Waals surface area (Å²) < 4.78 is 1.67. The number of aromatic nitrogens is 1. The molecule has 1 amide bonds. The highest BCUT2D eigenvalue weighted by Crippen LogP contribution is 2.27. The van der Waals surface area contributed by atoms with Gasteiger partial charge in [0.25, 0.3) is 0 Å². The van der Waals surface area contributed by atoms with Gasteiger partial charge in [-0.25, -0.2) is 0 Å². The molecule has 1 aliphatic rings. The van der Waals surface area contributed by atoms with Crippen molar-refractivity contribution in [2.45, 2.75) is 26.3 Å². The van der Waals surface area contributed by atoms with Crippen molar-refractivity contribution >= 4 is 22.9 Å². The van der Waals surface area contributed by atoms with Crippen LogP contribution in [0.4, 0.5) is 5.69 Å². The Morgan fingerprint density at radius 3 is 2.90 bits per heavy atom. The second-order valence-corrected chi connectivity index (χ2v) is 5.79. The zero-order valence-electron chi connectivity index (χ0n) is 11.3. The van der Waals surface area contributed by atoms with Crippen molar-refractivity contribution in [1.82, 2.24) is 4.57 Å². The second kappa shape index (κ2) is 5.25. The minimum absolute atomic E-state index is 0.0112. The molecular formula is C15H16N2O2S. The number of hydrogen-bond donors (Lipinski definition) is 0. The van der Waals surface area contributed by atoms with Crippen LogP contribution in [0.5, 0.6) is 0 Å². The Balaban J connectivity index is 1.71. The van der Waals surface area contributed by atoms with Gasteiger partial charge in [-0.3, -0.25) is 9.59 Å². The first-order chi connectivity index (χ1) is 9.66. The maximum atomic E-state index is 12.3. The van der Waals surface area contributed by atoms with Gasteiger partial charge < -0.3 is 9.47 Å². The van der Waals surface area contributed by atoms with Crippen molar-refractivity contribution in [3.05, 3.63) is 50.6 Å². The predicted molar refractivity (Wildman–Crippen MR) is 80.4 cm³/mol. The summed E-state index contributed by atoms with van der Waals surface area (Å²) in [7, 11) is 0. The molecular weight excluding hydrogens is 272 g/mol. The third-order valence-electron chi connectivity index (χ3n) is 3.71. The molecule has 104 valence electrons. The van der Waals surface area contributed by atoms with E-state index in [1.54, 1.807) is 4.57 Å².